The number of nitrogens with zero attached hydrogens (tertiary/aromatic N) is 6. The lowest BCUT2D eigenvalue weighted by molar-refractivity contribution is 0.688. The zero-order valence-electron chi connectivity index (χ0n) is 29.0. The minimum atomic E-state index is 0.793. The number of benzene rings is 7. The Morgan fingerprint density at radius 1 is 0.426 bits per heavy atom. The number of hydrogen-bond acceptors (Lipinski definition) is 5. The van der Waals surface area contributed by atoms with Gasteiger partial charge in [0.1, 0.15) is 5.69 Å². The zero-order valence-corrected chi connectivity index (χ0v) is 29.0. The van der Waals surface area contributed by atoms with Gasteiger partial charge in [0.2, 0.25) is 0 Å². The van der Waals surface area contributed by atoms with Crippen LogP contribution in [0.25, 0.3) is 77.6 Å². The maximum atomic E-state index is 4.60. The van der Waals surface area contributed by atoms with Gasteiger partial charge >= 0.3 is 0 Å². The van der Waals surface area contributed by atoms with Gasteiger partial charge in [-0.2, -0.15) is 0 Å². The highest BCUT2D eigenvalue weighted by atomic mass is 15.7. The van der Waals surface area contributed by atoms with Gasteiger partial charge in [-0.05, 0) is 66.7 Å². The predicted molar refractivity (Wildman–Crippen MR) is 219 cm³/mol. The molecule has 2 N–H and O–H groups in total. The average molecular weight is 697 g/mol. The summed E-state index contributed by atoms with van der Waals surface area (Å²) in [6, 6.07) is 59.7. The highest BCUT2D eigenvalue weighted by Gasteiger charge is 2.18. The second-order valence-electron chi connectivity index (χ2n) is 13.6. The number of anilines is 1. The van der Waals surface area contributed by atoms with E-state index in [1.165, 1.54) is 43.6 Å². The van der Waals surface area contributed by atoms with E-state index in [0.717, 1.165) is 45.3 Å². The van der Waals surface area contributed by atoms with E-state index >= 15 is 0 Å². The molecule has 1 aliphatic heterocycles. The lowest BCUT2D eigenvalue weighted by Crippen LogP contribution is -2.36. The minimum absolute atomic E-state index is 0.793. The van der Waals surface area contributed by atoms with Crippen LogP contribution in [0.4, 0.5) is 5.69 Å². The number of hydrogen-bond donors (Lipinski definition) is 2. The molecule has 8 heteroatoms. The molecular formula is C46H32N8. The van der Waals surface area contributed by atoms with E-state index in [1.54, 1.807) is 0 Å². The second-order valence-corrected chi connectivity index (χ2v) is 13.6. The number of hydrazine groups is 2. The van der Waals surface area contributed by atoms with Crippen molar-refractivity contribution in [3.8, 4) is 28.3 Å². The normalized spacial score (nSPS) is 13.0. The van der Waals surface area contributed by atoms with Crippen LogP contribution in [0.3, 0.4) is 0 Å². The van der Waals surface area contributed by atoms with Crippen molar-refractivity contribution in [1.29, 1.82) is 0 Å². The van der Waals surface area contributed by atoms with Gasteiger partial charge < -0.3 is 14.6 Å². The molecule has 1 aliphatic rings. The van der Waals surface area contributed by atoms with Crippen LogP contribution in [-0.4, -0.2) is 24.1 Å². The summed E-state index contributed by atoms with van der Waals surface area (Å²) < 4.78 is 6.50. The molecule has 0 saturated carbocycles. The molecule has 0 atom stereocenters. The second kappa shape index (κ2) is 12.1. The molecule has 54 heavy (non-hydrogen) atoms. The third kappa shape index (κ3) is 4.82. The van der Waals surface area contributed by atoms with Crippen LogP contribution in [0.2, 0.25) is 0 Å². The van der Waals surface area contributed by atoms with Gasteiger partial charge in [-0.25, -0.2) is 4.68 Å². The minimum Gasteiger partial charge on any atom is -0.309 e. The summed E-state index contributed by atoms with van der Waals surface area (Å²) in [5.74, 6) is 0. The molecule has 0 radical (unpaired) electrons. The number of para-hydroxylation sites is 4. The Kier molecular flexibility index (Phi) is 6.76. The molecule has 0 amide bonds. The lowest BCUT2D eigenvalue weighted by Gasteiger charge is -2.17. The fourth-order valence-corrected chi connectivity index (χ4v) is 7.93. The van der Waals surface area contributed by atoms with Crippen LogP contribution in [-0.2, 0) is 0 Å². The Morgan fingerprint density at radius 3 is 1.50 bits per heavy atom. The van der Waals surface area contributed by atoms with Gasteiger partial charge in [0, 0.05) is 50.2 Å². The molecule has 0 bridgehead atoms. The van der Waals surface area contributed by atoms with Gasteiger partial charge in [-0.1, -0.05) is 108 Å². The molecule has 0 fully saturated rings. The first-order chi connectivity index (χ1) is 26.8. The van der Waals surface area contributed by atoms with Crippen LogP contribution >= 0.6 is 0 Å². The SMILES string of the molecule is C1=C(c2cccc(-c3cn(-c4cccc(-n5c6ccccc6c6ccccc65)c4)nn3)c2)NNN1c1cccc(-n2c3ccccc3c3ccccc32)c1. The Labute approximate surface area is 310 Å². The first kappa shape index (κ1) is 30.2. The number of fused-ring (bicyclic) bond motifs is 6. The molecule has 4 heterocycles. The fraction of sp³-hybridized carbons (Fsp3) is 0. The van der Waals surface area contributed by atoms with Gasteiger partial charge in [-0.15, -0.1) is 10.6 Å². The van der Waals surface area contributed by atoms with Gasteiger partial charge in [0.15, 0.2) is 0 Å². The Hall–Kier alpha value is -7.42. The number of aromatic nitrogens is 5. The molecule has 8 nitrogen and oxygen atoms in total. The highest BCUT2D eigenvalue weighted by Crippen LogP contribution is 2.35. The number of rotatable bonds is 6. The van der Waals surface area contributed by atoms with E-state index in [2.05, 4.69) is 206 Å². The Balaban J connectivity index is 0.889. The van der Waals surface area contributed by atoms with E-state index in [0.29, 0.717) is 0 Å². The Bertz CT molecular complexity index is 2980. The van der Waals surface area contributed by atoms with E-state index in [1.807, 2.05) is 15.9 Å². The topological polar surface area (TPSA) is 67.9 Å². The molecule has 7 aromatic carbocycles. The summed E-state index contributed by atoms with van der Waals surface area (Å²) in [6.07, 6.45) is 4.08. The van der Waals surface area contributed by atoms with Crippen molar-refractivity contribution in [2.24, 2.45) is 0 Å². The zero-order chi connectivity index (χ0) is 35.6. The molecule has 0 unspecified atom stereocenters. The molecule has 3 aromatic heterocycles. The summed E-state index contributed by atoms with van der Waals surface area (Å²) >= 11 is 0. The summed E-state index contributed by atoms with van der Waals surface area (Å²) in [7, 11) is 0. The summed E-state index contributed by atoms with van der Waals surface area (Å²) in [5.41, 5.74) is 19.3. The van der Waals surface area contributed by atoms with Crippen LogP contribution in [0.1, 0.15) is 5.56 Å². The van der Waals surface area contributed by atoms with Crippen molar-refractivity contribution >= 4 is 55.0 Å². The molecule has 0 spiro atoms. The molecule has 0 saturated heterocycles. The summed E-state index contributed by atoms with van der Waals surface area (Å²) in [5, 5.41) is 16.1. The maximum absolute atomic E-state index is 4.60. The van der Waals surface area contributed by atoms with Crippen molar-refractivity contribution in [3.63, 3.8) is 0 Å². The molecule has 10 aromatic rings. The average Bonchev–Trinajstić information content (AvgIpc) is 4.05. The van der Waals surface area contributed by atoms with E-state index in [4.69, 9.17) is 0 Å². The molecule has 11 rings (SSSR count). The highest BCUT2D eigenvalue weighted by molar-refractivity contribution is 6.10. The maximum Gasteiger partial charge on any atom is 0.113 e. The Morgan fingerprint density at radius 2 is 0.907 bits per heavy atom. The van der Waals surface area contributed by atoms with Crippen molar-refractivity contribution in [1.82, 2.24) is 35.1 Å². The largest absolute Gasteiger partial charge is 0.309 e. The first-order valence-corrected chi connectivity index (χ1v) is 18.0. The van der Waals surface area contributed by atoms with Gasteiger partial charge in [0.05, 0.1) is 45.3 Å². The summed E-state index contributed by atoms with van der Waals surface area (Å²) in [6.45, 7) is 0. The van der Waals surface area contributed by atoms with Crippen LogP contribution in [0.5, 0.6) is 0 Å². The smallest absolute Gasteiger partial charge is 0.113 e. The molecular weight excluding hydrogens is 665 g/mol. The van der Waals surface area contributed by atoms with Crippen molar-refractivity contribution in [2.45, 2.75) is 0 Å². The number of nitrogens with one attached hydrogen (secondary N) is 2. The van der Waals surface area contributed by atoms with E-state index in [9.17, 15) is 0 Å². The van der Waals surface area contributed by atoms with Crippen LogP contribution in [0, 0.1) is 0 Å². The standard InChI is InChI=1S/C46H32N8/c1-5-22-43-37(18-1)38-19-2-6-23-44(38)53(43)35-16-10-14-33(27-35)51-29-41(47-49-51)31-12-9-13-32(26-31)42-30-52(50-48-42)34-15-11-17-36(28-34)54-45-24-7-3-20-39(45)40-21-4-8-25-46(40)54/h1-30,47,49H. The van der Waals surface area contributed by atoms with Crippen molar-refractivity contribution in [3.05, 3.63) is 188 Å². The van der Waals surface area contributed by atoms with Crippen molar-refractivity contribution < 1.29 is 0 Å². The van der Waals surface area contributed by atoms with Crippen LogP contribution < -0.4 is 16.0 Å². The molecule has 256 valence electrons. The van der Waals surface area contributed by atoms with Gasteiger partial charge in [0.25, 0.3) is 0 Å². The monoisotopic (exact) mass is 696 g/mol. The molecule has 0 aliphatic carbocycles. The quantitative estimate of drug-likeness (QED) is 0.181. The van der Waals surface area contributed by atoms with Gasteiger partial charge in [-0.3, -0.25) is 5.01 Å². The lowest BCUT2D eigenvalue weighted by atomic mass is 10.1. The fourth-order valence-electron chi connectivity index (χ4n) is 7.93. The van der Waals surface area contributed by atoms with E-state index in [-0.39, 0.29) is 0 Å². The van der Waals surface area contributed by atoms with E-state index < -0.39 is 0 Å². The third-order valence-corrected chi connectivity index (χ3v) is 10.4. The predicted octanol–water partition coefficient (Wildman–Crippen LogP) is 9.96. The summed E-state index contributed by atoms with van der Waals surface area (Å²) in [4.78, 5) is 0. The first-order valence-electron chi connectivity index (χ1n) is 18.0. The van der Waals surface area contributed by atoms with Crippen LogP contribution in [0.15, 0.2) is 182 Å². The van der Waals surface area contributed by atoms with Crippen molar-refractivity contribution in [2.75, 3.05) is 5.01 Å². The third-order valence-electron chi connectivity index (χ3n) is 10.4.